The molecule has 0 aliphatic heterocycles. The van der Waals surface area contributed by atoms with Gasteiger partial charge in [0.1, 0.15) is 11.5 Å². The Balaban J connectivity index is 2.19. The van der Waals surface area contributed by atoms with Crippen LogP contribution in [0.5, 0.6) is 11.5 Å². The molecule has 1 N–H and O–H groups in total. The number of nitrogens with zero attached hydrogens (tertiary/aromatic N) is 1. The number of carbonyl (C=O) groups is 1. The maximum Gasteiger partial charge on any atom is 0.251 e. The van der Waals surface area contributed by atoms with Crippen LogP contribution in [-0.4, -0.2) is 40.8 Å². The summed E-state index contributed by atoms with van der Waals surface area (Å²) in [6.45, 7) is 5.57. The van der Waals surface area contributed by atoms with Crippen molar-refractivity contribution in [2.75, 3.05) is 30.8 Å². The molecule has 2 rings (SSSR count). The molecule has 0 unspecified atom stereocenters. The molecule has 0 bridgehead atoms. The fourth-order valence-electron chi connectivity index (χ4n) is 3.01. The number of sulfonamides is 1. The first-order chi connectivity index (χ1) is 13.8. The number of methoxy groups -OCH3 is 2. The van der Waals surface area contributed by atoms with Gasteiger partial charge < -0.3 is 14.8 Å². The number of hydrogen-bond acceptors (Lipinski definition) is 5. The zero-order chi connectivity index (χ0) is 21.6. The number of hydrogen-bond donors (Lipinski definition) is 1. The SMILES string of the molecule is CCN(c1ccc(C(=O)N[C@H](C)c2cc(OC)ccc2OC)cc1)S(=O)(=O)CC. The highest BCUT2D eigenvalue weighted by Gasteiger charge is 2.20. The van der Waals surface area contributed by atoms with E-state index in [1.165, 1.54) is 4.31 Å². The lowest BCUT2D eigenvalue weighted by atomic mass is 10.1. The third-order valence-electron chi connectivity index (χ3n) is 4.66. The van der Waals surface area contributed by atoms with Crippen molar-refractivity contribution in [3.8, 4) is 11.5 Å². The molecular formula is C21H28N2O5S. The molecule has 158 valence electrons. The third-order valence-corrected chi connectivity index (χ3v) is 6.53. The molecule has 0 aromatic heterocycles. The minimum Gasteiger partial charge on any atom is -0.497 e. The van der Waals surface area contributed by atoms with Gasteiger partial charge in [0.2, 0.25) is 10.0 Å². The molecule has 7 nitrogen and oxygen atoms in total. The molecule has 1 amide bonds. The summed E-state index contributed by atoms with van der Waals surface area (Å²) in [4.78, 5) is 12.7. The summed E-state index contributed by atoms with van der Waals surface area (Å²) < 4.78 is 36.3. The minimum atomic E-state index is -3.36. The molecular weight excluding hydrogens is 392 g/mol. The standard InChI is InChI=1S/C21H28N2O5S/c1-6-23(29(25,26)7-2)17-10-8-16(9-11-17)21(24)22-15(3)19-14-18(27-4)12-13-20(19)28-5/h8-15H,6-7H2,1-5H3,(H,22,24)/t15-/m1/s1. The van der Waals surface area contributed by atoms with Gasteiger partial charge in [0.05, 0.1) is 31.7 Å². The molecule has 29 heavy (non-hydrogen) atoms. The molecule has 0 spiro atoms. The van der Waals surface area contributed by atoms with Crippen molar-refractivity contribution in [2.24, 2.45) is 0 Å². The second kappa shape index (κ2) is 9.65. The fourth-order valence-corrected chi connectivity index (χ4v) is 4.16. The van der Waals surface area contributed by atoms with Gasteiger partial charge in [0.15, 0.2) is 0 Å². The van der Waals surface area contributed by atoms with E-state index in [1.807, 2.05) is 13.0 Å². The lowest BCUT2D eigenvalue weighted by Crippen LogP contribution is -2.32. The topological polar surface area (TPSA) is 84.9 Å². The van der Waals surface area contributed by atoms with E-state index in [2.05, 4.69) is 5.32 Å². The van der Waals surface area contributed by atoms with Crippen molar-refractivity contribution in [1.29, 1.82) is 0 Å². The van der Waals surface area contributed by atoms with Gasteiger partial charge in [0.25, 0.3) is 5.91 Å². The lowest BCUT2D eigenvalue weighted by molar-refractivity contribution is 0.0939. The molecule has 0 radical (unpaired) electrons. The van der Waals surface area contributed by atoms with E-state index in [4.69, 9.17) is 9.47 Å². The number of anilines is 1. The van der Waals surface area contributed by atoms with Gasteiger partial charge in [-0.05, 0) is 63.2 Å². The van der Waals surface area contributed by atoms with Crippen molar-refractivity contribution < 1.29 is 22.7 Å². The number of carbonyl (C=O) groups excluding carboxylic acids is 1. The maximum absolute atomic E-state index is 12.7. The van der Waals surface area contributed by atoms with Crippen molar-refractivity contribution in [1.82, 2.24) is 5.32 Å². The first kappa shape index (κ1) is 22.5. The van der Waals surface area contributed by atoms with Crippen molar-refractivity contribution >= 4 is 21.6 Å². The van der Waals surface area contributed by atoms with Crippen LogP contribution in [0.15, 0.2) is 42.5 Å². The van der Waals surface area contributed by atoms with Crippen molar-refractivity contribution in [3.05, 3.63) is 53.6 Å². The number of benzene rings is 2. The molecule has 8 heteroatoms. The Kier molecular flexibility index (Phi) is 7.50. The summed E-state index contributed by atoms with van der Waals surface area (Å²) in [6.07, 6.45) is 0. The molecule has 1 atom stereocenters. The third kappa shape index (κ3) is 5.20. The Hall–Kier alpha value is -2.74. The first-order valence-electron chi connectivity index (χ1n) is 9.40. The van der Waals surface area contributed by atoms with Crippen molar-refractivity contribution in [2.45, 2.75) is 26.8 Å². The summed E-state index contributed by atoms with van der Waals surface area (Å²) in [5, 5.41) is 2.94. The van der Waals surface area contributed by atoms with Crippen LogP contribution in [0.3, 0.4) is 0 Å². The zero-order valence-corrected chi connectivity index (χ0v) is 18.2. The fraction of sp³-hybridized carbons (Fsp3) is 0.381. The van der Waals surface area contributed by atoms with E-state index in [0.717, 1.165) is 5.56 Å². The van der Waals surface area contributed by atoms with Gasteiger partial charge >= 0.3 is 0 Å². The monoisotopic (exact) mass is 420 g/mol. The van der Waals surface area contributed by atoms with Crippen LogP contribution in [0, 0.1) is 0 Å². The van der Waals surface area contributed by atoms with Gasteiger partial charge in [-0.25, -0.2) is 8.42 Å². The highest BCUT2D eigenvalue weighted by molar-refractivity contribution is 7.92. The molecule has 0 fully saturated rings. The van der Waals surface area contributed by atoms with Crippen molar-refractivity contribution in [3.63, 3.8) is 0 Å². The molecule has 2 aromatic carbocycles. The quantitative estimate of drug-likeness (QED) is 0.672. The van der Waals surface area contributed by atoms with Crippen LogP contribution in [0.1, 0.15) is 42.7 Å². The number of nitrogens with one attached hydrogen (secondary N) is 1. The molecule has 2 aromatic rings. The molecule has 0 saturated heterocycles. The second-order valence-electron chi connectivity index (χ2n) is 6.42. The Labute approximate surface area is 172 Å². The Morgan fingerprint density at radius 3 is 2.24 bits per heavy atom. The first-order valence-corrected chi connectivity index (χ1v) is 11.0. The van der Waals surface area contributed by atoms with Crippen LogP contribution in [-0.2, 0) is 10.0 Å². The minimum absolute atomic E-state index is 0.0168. The molecule has 0 saturated carbocycles. The van der Waals surface area contributed by atoms with E-state index >= 15 is 0 Å². The van der Waals surface area contributed by atoms with Crippen LogP contribution in [0.4, 0.5) is 5.69 Å². The smallest absolute Gasteiger partial charge is 0.251 e. The van der Waals surface area contributed by atoms with Crippen LogP contribution in [0.2, 0.25) is 0 Å². The molecule has 0 aliphatic carbocycles. The summed E-state index contributed by atoms with van der Waals surface area (Å²) >= 11 is 0. The number of ether oxygens (including phenoxy) is 2. The molecule has 0 heterocycles. The van der Waals surface area contributed by atoms with Gasteiger partial charge in [-0.2, -0.15) is 0 Å². The Bertz CT molecular complexity index is 942. The number of rotatable bonds is 9. The van der Waals surface area contributed by atoms with Crippen LogP contribution < -0.4 is 19.1 Å². The average molecular weight is 421 g/mol. The van der Waals surface area contributed by atoms with E-state index in [-0.39, 0.29) is 17.7 Å². The highest BCUT2D eigenvalue weighted by atomic mass is 32.2. The summed E-state index contributed by atoms with van der Waals surface area (Å²) in [7, 11) is -0.209. The predicted octanol–water partition coefficient (Wildman–Crippen LogP) is 3.37. The largest absolute Gasteiger partial charge is 0.497 e. The van der Waals surface area contributed by atoms with E-state index < -0.39 is 10.0 Å². The van der Waals surface area contributed by atoms with Crippen LogP contribution >= 0.6 is 0 Å². The summed E-state index contributed by atoms with van der Waals surface area (Å²) in [5.74, 6) is 1.07. The van der Waals surface area contributed by atoms with E-state index in [0.29, 0.717) is 29.3 Å². The Morgan fingerprint density at radius 1 is 1.07 bits per heavy atom. The summed E-state index contributed by atoms with van der Waals surface area (Å²) in [5.41, 5.74) is 1.77. The van der Waals surface area contributed by atoms with E-state index in [1.54, 1.807) is 64.5 Å². The maximum atomic E-state index is 12.7. The normalized spacial score (nSPS) is 12.2. The zero-order valence-electron chi connectivity index (χ0n) is 17.4. The van der Waals surface area contributed by atoms with Crippen LogP contribution in [0.25, 0.3) is 0 Å². The predicted molar refractivity (Wildman–Crippen MR) is 114 cm³/mol. The number of amides is 1. The van der Waals surface area contributed by atoms with E-state index in [9.17, 15) is 13.2 Å². The highest BCUT2D eigenvalue weighted by Crippen LogP contribution is 2.29. The summed E-state index contributed by atoms with van der Waals surface area (Å²) in [6, 6.07) is 11.6. The Morgan fingerprint density at radius 2 is 1.72 bits per heavy atom. The van der Waals surface area contributed by atoms with Gasteiger partial charge in [-0.1, -0.05) is 0 Å². The average Bonchev–Trinajstić information content (AvgIpc) is 2.73. The van der Waals surface area contributed by atoms with Gasteiger partial charge in [-0.3, -0.25) is 9.10 Å². The van der Waals surface area contributed by atoms with Gasteiger partial charge in [-0.15, -0.1) is 0 Å². The van der Waals surface area contributed by atoms with Gasteiger partial charge in [0, 0.05) is 17.7 Å². The lowest BCUT2D eigenvalue weighted by Gasteiger charge is -2.22. The molecule has 0 aliphatic rings. The second-order valence-corrected chi connectivity index (χ2v) is 8.60.